The molecule has 1 fully saturated rings. The highest BCUT2D eigenvalue weighted by atomic mass is 32.2. The molecule has 0 aliphatic carbocycles. The molecule has 1 saturated heterocycles. The lowest BCUT2D eigenvalue weighted by Gasteiger charge is -2.15. The molecule has 1 aliphatic rings. The third kappa shape index (κ3) is 4.30. The lowest BCUT2D eigenvalue weighted by atomic mass is 10.3. The second-order valence-electron chi connectivity index (χ2n) is 4.51. The summed E-state index contributed by atoms with van der Waals surface area (Å²) < 4.78 is 28.1. The average Bonchev–Trinajstić information content (AvgIpc) is 3.09. The number of nitrogens with zero attached hydrogens (tertiary/aromatic N) is 1. The van der Waals surface area contributed by atoms with Crippen molar-refractivity contribution in [2.45, 2.75) is 25.8 Å². The van der Waals surface area contributed by atoms with Crippen molar-refractivity contribution in [1.82, 2.24) is 9.03 Å². The third-order valence-electron chi connectivity index (χ3n) is 2.96. The van der Waals surface area contributed by atoms with Crippen LogP contribution in [0.2, 0.25) is 0 Å². The van der Waals surface area contributed by atoms with Gasteiger partial charge in [-0.2, -0.15) is 17.4 Å². The molecule has 1 aromatic heterocycles. The molecule has 2 rings (SSSR count). The van der Waals surface area contributed by atoms with Crippen LogP contribution in [0, 0.1) is 11.8 Å². The van der Waals surface area contributed by atoms with E-state index in [9.17, 15) is 8.42 Å². The summed E-state index contributed by atoms with van der Waals surface area (Å²) in [4.78, 5) is 0.932. The summed E-state index contributed by atoms with van der Waals surface area (Å²) in [6, 6.07) is 1.88. The Morgan fingerprint density at radius 1 is 1.40 bits per heavy atom. The van der Waals surface area contributed by atoms with Gasteiger partial charge < -0.3 is 5.11 Å². The van der Waals surface area contributed by atoms with Crippen molar-refractivity contribution in [2.24, 2.45) is 0 Å². The molecule has 7 heteroatoms. The topological polar surface area (TPSA) is 69.6 Å². The smallest absolute Gasteiger partial charge is 0.279 e. The van der Waals surface area contributed by atoms with Crippen molar-refractivity contribution in [3.63, 3.8) is 0 Å². The Labute approximate surface area is 123 Å². The molecule has 1 aliphatic heterocycles. The van der Waals surface area contributed by atoms with Gasteiger partial charge in [0.2, 0.25) is 0 Å². The van der Waals surface area contributed by atoms with Crippen LogP contribution in [0.1, 0.15) is 29.7 Å². The molecule has 0 spiro atoms. The number of rotatable bonds is 5. The predicted octanol–water partition coefficient (Wildman–Crippen LogP) is 0.912. The van der Waals surface area contributed by atoms with Crippen LogP contribution in [0.3, 0.4) is 0 Å². The van der Waals surface area contributed by atoms with Gasteiger partial charge in [0, 0.05) is 41.9 Å². The molecule has 2 heterocycles. The Morgan fingerprint density at radius 3 is 2.85 bits per heavy atom. The molecular formula is C13H18N2O3S2. The van der Waals surface area contributed by atoms with Crippen LogP contribution in [0.4, 0.5) is 0 Å². The molecule has 0 aromatic carbocycles. The van der Waals surface area contributed by atoms with Crippen LogP contribution in [-0.2, 0) is 16.8 Å². The number of aliphatic hydroxyl groups is 1. The van der Waals surface area contributed by atoms with Gasteiger partial charge in [-0.05, 0) is 18.9 Å². The minimum absolute atomic E-state index is 0.0552. The lowest BCUT2D eigenvalue weighted by Crippen LogP contribution is -2.38. The fourth-order valence-corrected chi connectivity index (χ4v) is 4.05. The van der Waals surface area contributed by atoms with E-state index in [-0.39, 0.29) is 6.61 Å². The van der Waals surface area contributed by atoms with Crippen LogP contribution >= 0.6 is 11.3 Å². The molecule has 0 saturated carbocycles. The largest absolute Gasteiger partial charge is 0.395 e. The minimum Gasteiger partial charge on any atom is -0.395 e. The van der Waals surface area contributed by atoms with E-state index in [1.165, 1.54) is 15.6 Å². The third-order valence-corrected chi connectivity index (χ3v) is 5.45. The van der Waals surface area contributed by atoms with E-state index in [0.717, 1.165) is 23.3 Å². The zero-order valence-corrected chi connectivity index (χ0v) is 12.8. The maximum absolute atomic E-state index is 12.0. The summed E-state index contributed by atoms with van der Waals surface area (Å²) in [5.41, 5.74) is 0.860. The van der Waals surface area contributed by atoms with Gasteiger partial charge in [0.05, 0.1) is 6.61 Å². The van der Waals surface area contributed by atoms with Crippen molar-refractivity contribution in [2.75, 3.05) is 19.7 Å². The van der Waals surface area contributed by atoms with Gasteiger partial charge in [-0.3, -0.25) is 0 Å². The Morgan fingerprint density at radius 2 is 2.15 bits per heavy atom. The summed E-state index contributed by atoms with van der Waals surface area (Å²) in [5.74, 6) is 5.77. The van der Waals surface area contributed by atoms with Gasteiger partial charge in [0.1, 0.15) is 0 Å². The second-order valence-corrected chi connectivity index (χ2v) is 7.26. The quantitative estimate of drug-likeness (QED) is 0.794. The maximum atomic E-state index is 12.0. The van der Waals surface area contributed by atoms with Gasteiger partial charge in [-0.25, -0.2) is 0 Å². The van der Waals surface area contributed by atoms with Gasteiger partial charge in [-0.15, -0.1) is 11.3 Å². The highest BCUT2D eigenvalue weighted by Gasteiger charge is 2.24. The summed E-state index contributed by atoms with van der Waals surface area (Å²) >= 11 is 1.48. The Kier molecular flexibility index (Phi) is 5.57. The summed E-state index contributed by atoms with van der Waals surface area (Å²) in [6.45, 7) is 1.57. The van der Waals surface area contributed by atoms with E-state index >= 15 is 0 Å². The van der Waals surface area contributed by atoms with Crippen molar-refractivity contribution in [3.8, 4) is 11.8 Å². The number of thiophene rings is 1. The zero-order chi connectivity index (χ0) is 14.4. The lowest BCUT2D eigenvalue weighted by molar-refractivity contribution is 0.305. The van der Waals surface area contributed by atoms with Crippen LogP contribution < -0.4 is 4.72 Å². The van der Waals surface area contributed by atoms with E-state index in [1.54, 1.807) is 0 Å². The monoisotopic (exact) mass is 314 g/mol. The van der Waals surface area contributed by atoms with E-state index in [4.69, 9.17) is 5.11 Å². The first-order valence-electron chi connectivity index (χ1n) is 6.54. The molecular weight excluding hydrogens is 296 g/mol. The second kappa shape index (κ2) is 7.20. The van der Waals surface area contributed by atoms with Crippen LogP contribution in [-0.4, -0.2) is 37.5 Å². The van der Waals surface area contributed by atoms with E-state index in [0.29, 0.717) is 26.1 Å². The van der Waals surface area contributed by atoms with Crippen molar-refractivity contribution < 1.29 is 13.5 Å². The van der Waals surface area contributed by atoms with Crippen LogP contribution in [0.5, 0.6) is 0 Å². The summed E-state index contributed by atoms with van der Waals surface area (Å²) in [5, 5.41) is 10.5. The number of hydrogen-bond acceptors (Lipinski definition) is 4. The first-order valence-corrected chi connectivity index (χ1v) is 8.85. The van der Waals surface area contributed by atoms with Gasteiger partial charge in [0.25, 0.3) is 10.2 Å². The molecule has 0 unspecified atom stereocenters. The van der Waals surface area contributed by atoms with E-state index in [1.807, 2.05) is 11.4 Å². The standard InChI is InChI=1S/C13H18N2O3S2/c16-8-4-1-5-12-9-13(19-11-12)10-14-20(17,18)15-6-2-3-7-15/h9,11,14,16H,2-4,6-8,10H2. The van der Waals surface area contributed by atoms with E-state index in [2.05, 4.69) is 16.6 Å². The average molecular weight is 314 g/mol. The SMILES string of the molecule is O=S(=O)(NCc1cc(C#CCCO)cs1)N1CCCC1. The van der Waals surface area contributed by atoms with Gasteiger partial charge in [-0.1, -0.05) is 11.8 Å². The fraction of sp³-hybridized carbons (Fsp3) is 0.538. The fourth-order valence-electron chi connectivity index (χ4n) is 1.94. The van der Waals surface area contributed by atoms with Crippen molar-refractivity contribution >= 4 is 21.5 Å². The molecule has 0 atom stereocenters. The number of hydrogen-bond donors (Lipinski definition) is 2. The van der Waals surface area contributed by atoms with Crippen molar-refractivity contribution in [3.05, 3.63) is 21.9 Å². The predicted molar refractivity (Wildman–Crippen MR) is 79.5 cm³/mol. The Hall–Kier alpha value is -0.910. The minimum atomic E-state index is -3.35. The molecule has 2 N–H and O–H groups in total. The molecule has 0 bridgehead atoms. The molecule has 20 heavy (non-hydrogen) atoms. The summed E-state index contributed by atoms with van der Waals surface area (Å²) in [6.07, 6.45) is 2.32. The molecule has 1 aromatic rings. The number of nitrogens with one attached hydrogen (secondary N) is 1. The summed E-state index contributed by atoms with van der Waals surface area (Å²) in [7, 11) is -3.35. The van der Waals surface area contributed by atoms with Gasteiger partial charge >= 0.3 is 0 Å². The van der Waals surface area contributed by atoms with Crippen LogP contribution in [0.15, 0.2) is 11.4 Å². The maximum Gasteiger partial charge on any atom is 0.279 e. The first kappa shape index (κ1) is 15.5. The highest BCUT2D eigenvalue weighted by Crippen LogP contribution is 2.16. The molecule has 5 nitrogen and oxygen atoms in total. The van der Waals surface area contributed by atoms with E-state index < -0.39 is 10.2 Å². The highest BCUT2D eigenvalue weighted by molar-refractivity contribution is 7.87. The number of aliphatic hydroxyl groups excluding tert-OH is 1. The molecule has 0 radical (unpaired) electrons. The van der Waals surface area contributed by atoms with Gasteiger partial charge in [0.15, 0.2) is 0 Å². The first-order chi connectivity index (χ1) is 9.62. The molecule has 110 valence electrons. The van der Waals surface area contributed by atoms with Crippen molar-refractivity contribution in [1.29, 1.82) is 0 Å². The molecule has 0 amide bonds. The Balaban J connectivity index is 1.89. The zero-order valence-electron chi connectivity index (χ0n) is 11.1. The van der Waals surface area contributed by atoms with Crippen LogP contribution in [0.25, 0.3) is 0 Å². The Bertz CT molecular complexity index is 593. The normalized spacial score (nSPS) is 16.1.